The van der Waals surface area contributed by atoms with Crippen molar-refractivity contribution in [1.82, 2.24) is 14.7 Å². The number of halogens is 6. The Bertz CT molecular complexity index is 1480. The van der Waals surface area contributed by atoms with E-state index in [0.29, 0.717) is 41.0 Å². The molecule has 1 saturated heterocycles. The van der Waals surface area contributed by atoms with Crippen molar-refractivity contribution in [2.45, 2.75) is 29.8 Å². The number of aromatic nitrogens is 2. The maximum Gasteiger partial charge on any atom is 0.490 e. The maximum atomic E-state index is 14.1. The minimum atomic E-state index is -5.08. The van der Waals surface area contributed by atoms with Crippen molar-refractivity contribution in [2.24, 2.45) is 0 Å². The second-order valence-electron chi connectivity index (χ2n) is 8.62. The summed E-state index contributed by atoms with van der Waals surface area (Å²) in [4.78, 5) is 18.8. The number of carboxylic acids is 1. The Hall–Kier alpha value is -3.76. The molecule has 2 aromatic carbocycles. The average Bonchev–Trinajstić information content (AvgIpc) is 2.89. The second-order valence-corrected chi connectivity index (χ2v) is 10.9. The van der Waals surface area contributed by atoms with Gasteiger partial charge in [-0.3, -0.25) is 0 Å². The zero-order valence-electron chi connectivity index (χ0n) is 21.2. The lowest BCUT2D eigenvalue weighted by molar-refractivity contribution is -0.192. The van der Waals surface area contributed by atoms with E-state index in [1.165, 1.54) is 31.6 Å². The third kappa shape index (κ3) is 9.12. The fourth-order valence-corrected chi connectivity index (χ4v) is 4.54. The molecule has 0 spiro atoms. The Morgan fingerprint density at radius 2 is 1.66 bits per heavy atom. The zero-order valence-corrected chi connectivity index (χ0v) is 22.8. The van der Waals surface area contributed by atoms with Crippen LogP contribution in [0, 0.1) is 0 Å². The van der Waals surface area contributed by atoms with Crippen LogP contribution >= 0.6 is 11.6 Å². The first-order valence-corrected chi connectivity index (χ1v) is 13.6. The van der Waals surface area contributed by atoms with Crippen LogP contribution in [0.25, 0.3) is 0 Å². The van der Waals surface area contributed by atoms with E-state index in [4.69, 9.17) is 21.5 Å². The Morgan fingerprint density at radius 3 is 2.22 bits per heavy atom. The number of anilines is 5. The van der Waals surface area contributed by atoms with E-state index in [1.807, 2.05) is 0 Å². The Morgan fingerprint density at radius 1 is 1.05 bits per heavy atom. The van der Waals surface area contributed by atoms with E-state index >= 15 is 0 Å². The molecule has 222 valence electrons. The first-order chi connectivity index (χ1) is 19.1. The molecule has 1 aromatic heterocycles. The van der Waals surface area contributed by atoms with Gasteiger partial charge in [0.25, 0.3) is 5.92 Å². The molecule has 1 aliphatic rings. The van der Waals surface area contributed by atoms with Crippen LogP contribution in [-0.2, 0) is 14.8 Å². The summed E-state index contributed by atoms with van der Waals surface area (Å²) in [6.45, 7) is -0.0253. The highest BCUT2D eigenvalue weighted by molar-refractivity contribution is 7.89. The zero-order chi connectivity index (χ0) is 30.4. The number of aliphatic carboxylic acids is 1. The lowest BCUT2D eigenvalue weighted by atomic mass is 10.1. The third-order valence-electron chi connectivity index (χ3n) is 5.57. The van der Waals surface area contributed by atoms with Gasteiger partial charge in [0.2, 0.25) is 10.0 Å². The molecule has 1 fully saturated rings. The molecule has 0 aliphatic carbocycles. The SMILES string of the molecule is CNS(=O)(=O)c1ccc(N2CCCC(F)(F)C2)c(Nc2cc(Nc3ccc(Cl)cc3)ncn2)c1.O=C(O)C(F)(F)F. The fraction of sp³-hybridized carbons (Fsp3) is 0.292. The number of carbonyl (C=O) groups is 1. The highest BCUT2D eigenvalue weighted by Crippen LogP contribution is 2.36. The van der Waals surface area contributed by atoms with Crippen LogP contribution in [0.2, 0.25) is 5.02 Å². The van der Waals surface area contributed by atoms with Crippen LogP contribution < -0.4 is 20.3 Å². The average molecular weight is 623 g/mol. The van der Waals surface area contributed by atoms with Gasteiger partial charge in [-0.05, 0) is 55.9 Å². The highest BCUT2D eigenvalue weighted by atomic mass is 35.5. The predicted molar refractivity (Wildman–Crippen MR) is 143 cm³/mol. The van der Waals surface area contributed by atoms with Gasteiger partial charge < -0.3 is 20.6 Å². The minimum Gasteiger partial charge on any atom is -0.475 e. The Kier molecular flexibility index (Phi) is 9.94. The van der Waals surface area contributed by atoms with E-state index in [0.717, 1.165) is 5.69 Å². The Balaban J connectivity index is 0.000000587. The number of nitrogens with zero attached hydrogens (tertiary/aromatic N) is 3. The van der Waals surface area contributed by atoms with Gasteiger partial charge >= 0.3 is 12.1 Å². The van der Waals surface area contributed by atoms with Crippen molar-refractivity contribution in [1.29, 1.82) is 0 Å². The predicted octanol–water partition coefficient (Wildman–Crippen LogP) is 5.39. The first kappa shape index (κ1) is 31.8. The molecule has 1 aliphatic heterocycles. The molecule has 4 rings (SSSR count). The lowest BCUT2D eigenvalue weighted by Gasteiger charge is -2.35. The van der Waals surface area contributed by atoms with E-state index in [9.17, 15) is 30.4 Å². The van der Waals surface area contributed by atoms with E-state index < -0.39 is 34.6 Å². The molecule has 0 radical (unpaired) electrons. The molecule has 3 aromatic rings. The first-order valence-electron chi connectivity index (χ1n) is 11.7. The summed E-state index contributed by atoms with van der Waals surface area (Å²) >= 11 is 5.92. The van der Waals surface area contributed by atoms with Gasteiger partial charge in [-0.25, -0.2) is 36.7 Å². The molecular formula is C24H24ClF5N6O4S. The van der Waals surface area contributed by atoms with Crippen LogP contribution in [0.15, 0.2) is 59.8 Å². The highest BCUT2D eigenvalue weighted by Gasteiger charge is 2.38. The molecular weight excluding hydrogens is 599 g/mol. The summed E-state index contributed by atoms with van der Waals surface area (Å²) in [6.07, 6.45) is -3.60. The van der Waals surface area contributed by atoms with Crippen molar-refractivity contribution < 1.29 is 40.3 Å². The summed E-state index contributed by atoms with van der Waals surface area (Å²) in [5.41, 5.74) is 1.55. The van der Waals surface area contributed by atoms with Gasteiger partial charge in [0.1, 0.15) is 18.0 Å². The van der Waals surface area contributed by atoms with Gasteiger partial charge in [-0.1, -0.05) is 11.6 Å². The molecule has 17 heteroatoms. The number of hydrogen-bond acceptors (Lipinski definition) is 8. The van der Waals surface area contributed by atoms with Crippen molar-refractivity contribution in [3.05, 3.63) is 59.9 Å². The standard InChI is InChI=1S/C22H23ClF2N6O2S.C2HF3O2/c1-26-34(32,33)17-7-8-19(31-10-2-9-22(24,25)13-31)18(11-17)30-21-12-20(27-14-28-21)29-16-5-3-15(23)4-6-16;3-2(4,5)1(6)7/h3-8,11-12,14,26H,2,9-10,13H2,1H3,(H2,27,28,29,30);(H,6,7). The second kappa shape index (κ2) is 12.8. The largest absolute Gasteiger partial charge is 0.490 e. The fourth-order valence-electron chi connectivity index (χ4n) is 3.66. The van der Waals surface area contributed by atoms with Crippen molar-refractivity contribution in [3.8, 4) is 0 Å². The number of sulfonamides is 1. The van der Waals surface area contributed by atoms with Crippen molar-refractivity contribution in [3.63, 3.8) is 0 Å². The molecule has 2 heterocycles. The number of hydrogen-bond donors (Lipinski definition) is 4. The minimum absolute atomic E-state index is 0.00131. The molecule has 0 atom stereocenters. The molecule has 10 nitrogen and oxygen atoms in total. The van der Waals surface area contributed by atoms with Crippen LogP contribution in [0.1, 0.15) is 12.8 Å². The van der Waals surface area contributed by atoms with Gasteiger partial charge in [0, 0.05) is 29.7 Å². The number of piperidine rings is 1. The summed E-state index contributed by atoms with van der Waals surface area (Å²) in [7, 11) is -2.44. The summed E-state index contributed by atoms with van der Waals surface area (Å²) in [6, 6.07) is 13.0. The Labute approximate surface area is 236 Å². The molecule has 41 heavy (non-hydrogen) atoms. The van der Waals surface area contributed by atoms with Gasteiger partial charge in [0.05, 0.1) is 22.8 Å². The lowest BCUT2D eigenvalue weighted by Crippen LogP contribution is -2.42. The van der Waals surface area contributed by atoms with E-state index in [1.54, 1.807) is 35.2 Å². The number of nitrogens with one attached hydrogen (secondary N) is 3. The molecule has 0 amide bonds. The maximum absolute atomic E-state index is 14.1. The topological polar surface area (TPSA) is 137 Å². The number of rotatable bonds is 7. The number of carboxylic acid groups (broad SMARTS) is 1. The molecule has 4 N–H and O–H groups in total. The van der Waals surface area contributed by atoms with Gasteiger partial charge in [-0.2, -0.15) is 13.2 Å². The number of benzene rings is 2. The van der Waals surface area contributed by atoms with Crippen molar-refractivity contribution >= 4 is 56.3 Å². The summed E-state index contributed by atoms with van der Waals surface area (Å²) in [5, 5.41) is 13.9. The van der Waals surface area contributed by atoms with Crippen molar-refractivity contribution in [2.75, 3.05) is 35.7 Å². The van der Waals surface area contributed by atoms with Crippen LogP contribution in [0.5, 0.6) is 0 Å². The molecule has 0 bridgehead atoms. The van der Waals surface area contributed by atoms with Gasteiger partial charge in [0.15, 0.2) is 0 Å². The van der Waals surface area contributed by atoms with Crippen LogP contribution in [-0.4, -0.2) is 61.7 Å². The molecule has 0 saturated carbocycles. The smallest absolute Gasteiger partial charge is 0.475 e. The third-order valence-corrected chi connectivity index (χ3v) is 7.23. The van der Waals surface area contributed by atoms with Gasteiger partial charge in [-0.15, -0.1) is 0 Å². The normalized spacial score (nSPS) is 15.0. The monoisotopic (exact) mass is 622 g/mol. The summed E-state index contributed by atoms with van der Waals surface area (Å²) < 4.78 is 86.9. The quantitative estimate of drug-likeness (QED) is 0.256. The molecule has 0 unspecified atom stereocenters. The van der Waals surface area contributed by atoms with E-state index in [-0.39, 0.29) is 11.3 Å². The van der Waals surface area contributed by atoms with E-state index in [2.05, 4.69) is 25.3 Å². The van der Waals surface area contributed by atoms with Crippen LogP contribution in [0.3, 0.4) is 0 Å². The summed E-state index contributed by atoms with van der Waals surface area (Å²) in [5.74, 6) is -4.75. The number of alkyl halides is 5. The van der Waals surface area contributed by atoms with Crippen LogP contribution in [0.4, 0.5) is 50.6 Å².